The van der Waals surface area contributed by atoms with Crippen molar-refractivity contribution in [3.63, 3.8) is 0 Å². The zero-order valence-electron chi connectivity index (χ0n) is 13.2. The average molecular weight is 333 g/mol. The van der Waals surface area contributed by atoms with Crippen LogP contribution in [-0.2, 0) is 20.9 Å². The van der Waals surface area contributed by atoms with Gasteiger partial charge in [-0.05, 0) is 12.1 Å². The largest absolute Gasteiger partial charge is 0.495 e. The minimum Gasteiger partial charge on any atom is -0.495 e. The summed E-state index contributed by atoms with van der Waals surface area (Å²) in [5.41, 5.74) is 0.909. The van der Waals surface area contributed by atoms with Crippen molar-refractivity contribution in [2.75, 3.05) is 20.2 Å². The number of hydrogen-bond acceptors (Lipinski definition) is 4. The third-order valence-corrected chi connectivity index (χ3v) is 3.43. The van der Waals surface area contributed by atoms with Crippen LogP contribution in [0.2, 0.25) is 0 Å². The predicted molar refractivity (Wildman–Crippen MR) is 86.8 cm³/mol. The van der Waals surface area contributed by atoms with Gasteiger partial charge in [-0.1, -0.05) is 12.1 Å². The number of carboxylic acids is 1. The molecule has 1 heterocycles. The second-order valence-electron chi connectivity index (χ2n) is 5.10. The van der Waals surface area contributed by atoms with Gasteiger partial charge in [-0.15, -0.1) is 0 Å². The summed E-state index contributed by atoms with van der Waals surface area (Å²) in [6.45, 7) is -0.280. The van der Waals surface area contributed by atoms with E-state index < -0.39 is 18.4 Å². The highest BCUT2D eigenvalue weighted by atomic mass is 16.5. The Kier molecular flexibility index (Phi) is 5.78. The summed E-state index contributed by atoms with van der Waals surface area (Å²) in [5.74, 6) is -1.25. The van der Waals surface area contributed by atoms with Gasteiger partial charge >= 0.3 is 5.97 Å². The lowest BCUT2D eigenvalue weighted by atomic mass is 10.2. The van der Waals surface area contributed by atoms with Crippen LogP contribution in [0, 0.1) is 0 Å². The lowest BCUT2D eigenvalue weighted by Gasteiger charge is -2.09. The molecule has 0 fully saturated rings. The van der Waals surface area contributed by atoms with Gasteiger partial charge in [0.1, 0.15) is 12.3 Å². The van der Waals surface area contributed by atoms with Gasteiger partial charge in [0.2, 0.25) is 11.8 Å². The molecule has 0 aliphatic heterocycles. The number of aliphatic carboxylic acids is 1. The van der Waals surface area contributed by atoms with Crippen LogP contribution in [0.1, 0.15) is 6.42 Å². The van der Waals surface area contributed by atoms with E-state index in [-0.39, 0.29) is 18.9 Å². The highest BCUT2D eigenvalue weighted by Crippen LogP contribution is 2.26. The predicted octanol–water partition coefficient (Wildman–Crippen LogP) is 0.357. The van der Waals surface area contributed by atoms with E-state index in [1.165, 1.54) is 0 Å². The molecule has 0 aliphatic carbocycles. The molecule has 3 N–H and O–H groups in total. The molecule has 0 aliphatic rings. The summed E-state index contributed by atoms with van der Waals surface area (Å²) in [5, 5.41) is 14.1. The van der Waals surface area contributed by atoms with E-state index in [2.05, 4.69) is 10.6 Å². The van der Waals surface area contributed by atoms with Gasteiger partial charge in [0.05, 0.1) is 19.2 Å². The molecule has 0 bridgehead atoms. The number of amides is 2. The van der Waals surface area contributed by atoms with Gasteiger partial charge in [0.25, 0.3) is 0 Å². The first-order valence-corrected chi connectivity index (χ1v) is 7.38. The molecule has 2 amide bonds. The van der Waals surface area contributed by atoms with E-state index >= 15 is 0 Å². The Morgan fingerprint density at radius 1 is 1.12 bits per heavy atom. The van der Waals surface area contributed by atoms with Crippen LogP contribution in [0.5, 0.6) is 5.75 Å². The molecule has 1 aromatic heterocycles. The molecule has 2 aromatic rings. The number of carbonyl (C=O) groups excluding carboxylic acids is 2. The fourth-order valence-corrected chi connectivity index (χ4v) is 2.30. The number of hydrogen-bond donors (Lipinski definition) is 3. The molecule has 1 aromatic carbocycles. The molecule has 8 nitrogen and oxygen atoms in total. The van der Waals surface area contributed by atoms with Crippen molar-refractivity contribution in [1.29, 1.82) is 0 Å². The lowest BCUT2D eigenvalue weighted by molar-refractivity contribution is -0.137. The van der Waals surface area contributed by atoms with E-state index in [0.29, 0.717) is 6.54 Å². The first-order chi connectivity index (χ1) is 11.5. The fourth-order valence-electron chi connectivity index (χ4n) is 2.30. The zero-order chi connectivity index (χ0) is 17.5. The van der Waals surface area contributed by atoms with Crippen LogP contribution in [0.25, 0.3) is 10.9 Å². The molecular weight excluding hydrogens is 314 g/mol. The van der Waals surface area contributed by atoms with Crippen LogP contribution in [0.3, 0.4) is 0 Å². The maximum absolute atomic E-state index is 11.8. The molecule has 0 atom stereocenters. The minimum atomic E-state index is -1.14. The standard InChI is InChI=1S/C16H19N3O5/c1-24-12-4-2-3-11-5-7-19(16(11)12)8-6-13(20)17-9-14(21)18-10-15(22)23/h2-5,7H,6,8-10H2,1H3,(H,17,20)(H,18,21)(H,22,23). The van der Waals surface area contributed by atoms with Gasteiger partial charge in [-0.3, -0.25) is 14.4 Å². The van der Waals surface area contributed by atoms with E-state index in [4.69, 9.17) is 9.84 Å². The number of aromatic nitrogens is 1. The Morgan fingerprint density at radius 3 is 2.58 bits per heavy atom. The SMILES string of the molecule is COc1cccc2ccn(CCC(=O)NCC(=O)NCC(=O)O)c12. The van der Waals surface area contributed by atoms with Crippen LogP contribution < -0.4 is 15.4 Å². The summed E-state index contributed by atoms with van der Waals surface area (Å²) in [4.78, 5) is 33.5. The number of ether oxygens (including phenoxy) is 1. The number of rotatable bonds is 8. The number of benzene rings is 1. The van der Waals surface area contributed by atoms with Crippen LogP contribution in [0.15, 0.2) is 30.5 Å². The van der Waals surface area contributed by atoms with Crippen molar-refractivity contribution in [3.05, 3.63) is 30.5 Å². The maximum Gasteiger partial charge on any atom is 0.322 e. The van der Waals surface area contributed by atoms with Gasteiger partial charge in [0, 0.05) is 24.5 Å². The molecule has 2 rings (SSSR count). The number of carboxylic acid groups (broad SMARTS) is 1. The molecule has 24 heavy (non-hydrogen) atoms. The summed E-state index contributed by atoms with van der Waals surface area (Å²) in [7, 11) is 1.59. The Morgan fingerprint density at radius 2 is 1.88 bits per heavy atom. The molecule has 0 radical (unpaired) electrons. The van der Waals surface area contributed by atoms with Gasteiger partial charge in [0.15, 0.2) is 0 Å². The van der Waals surface area contributed by atoms with Gasteiger partial charge in [-0.2, -0.15) is 0 Å². The molecule has 0 unspecified atom stereocenters. The molecule has 0 saturated carbocycles. The van der Waals surface area contributed by atoms with Gasteiger partial charge < -0.3 is 25.0 Å². The molecule has 8 heteroatoms. The summed E-state index contributed by atoms with van der Waals surface area (Å²) in [6.07, 6.45) is 2.06. The third-order valence-electron chi connectivity index (χ3n) is 3.43. The number of carbonyl (C=O) groups is 3. The fraction of sp³-hybridized carbons (Fsp3) is 0.312. The lowest BCUT2D eigenvalue weighted by Crippen LogP contribution is -2.39. The second kappa shape index (κ2) is 8.00. The van der Waals surface area contributed by atoms with Crippen LogP contribution >= 0.6 is 0 Å². The minimum absolute atomic E-state index is 0.189. The highest BCUT2D eigenvalue weighted by Gasteiger charge is 2.10. The quantitative estimate of drug-likeness (QED) is 0.646. The molecule has 0 spiro atoms. The maximum atomic E-state index is 11.8. The highest BCUT2D eigenvalue weighted by molar-refractivity contribution is 5.87. The second-order valence-corrected chi connectivity index (χ2v) is 5.10. The normalized spacial score (nSPS) is 10.4. The Bertz CT molecular complexity index is 753. The van der Waals surface area contributed by atoms with Crippen molar-refractivity contribution in [3.8, 4) is 5.75 Å². The van der Waals surface area contributed by atoms with Crippen LogP contribution in [0.4, 0.5) is 0 Å². The number of methoxy groups -OCH3 is 1. The van der Waals surface area contributed by atoms with E-state index in [0.717, 1.165) is 16.7 Å². The molecule has 0 saturated heterocycles. The number of para-hydroxylation sites is 1. The Hall–Kier alpha value is -3.03. The number of nitrogens with zero attached hydrogens (tertiary/aromatic N) is 1. The van der Waals surface area contributed by atoms with Crippen molar-refractivity contribution < 1.29 is 24.2 Å². The summed E-state index contributed by atoms with van der Waals surface area (Å²) >= 11 is 0. The van der Waals surface area contributed by atoms with Crippen molar-refractivity contribution >= 4 is 28.7 Å². The summed E-state index contributed by atoms with van der Waals surface area (Å²) in [6, 6.07) is 7.65. The average Bonchev–Trinajstić information content (AvgIpc) is 2.99. The molecular formula is C16H19N3O5. The van der Waals surface area contributed by atoms with E-state index in [9.17, 15) is 14.4 Å². The van der Waals surface area contributed by atoms with Crippen molar-refractivity contribution in [2.24, 2.45) is 0 Å². The van der Waals surface area contributed by atoms with E-state index in [1.54, 1.807) is 7.11 Å². The number of fused-ring (bicyclic) bond motifs is 1. The molecule has 128 valence electrons. The Labute approximate surface area is 138 Å². The first-order valence-electron chi connectivity index (χ1n) is 7.38. The van der Waals surface area contributed by atoms with Crippen LogP contribution in [-0.4, -0.2) is 47.7 Å². The Balaban J connectivity index is 1.86. The smallest absolute Gasteiger partial charge is 0.322 e. The van der Waals surface area contributed by atoms with E-state index in [1.807, 2.05) is 35.0 Å². The number of aryl methyl sites for hydroxylation is 1. The number of nitrogens with one attached hydrogen (secondary N) is 2. The topological polar surface area (TPSA) is 110 Å². The third kappa shape index (κ3) is 4.48. The van der Waals surface area contributed by atoms with Crippen molar-refractivity contribution in [2.45, 2.75) is 13.0 Å². The monoisotopic (exact) mass is 333 g/mol. The zero-order valence-corrected chi connectivity index (χ0v) is 13.2. The van der Waals surface area contributed by atoms with Crippen molar-refractivity contribution in [1.82, 2.24) is 15.2 Å². The van der Waals surface area contributed by atoms with Gasteiger partial charge in [-0.25, -0.2) is 0 Å². The summed E-state index contributed by atoms with van der Waals surface area (Å²) < 4.78 is 7.25. The first kappa shape index (κ1) is 17.3.